The summed E-state index contributed by atoms with van der Waals surface area (Å²) in [6, 6.07) is 16.4. The summed E-state index contributed by atoms with van der Waals surface area (Å²) in [6.45, 7) is 3.21. The molecular weight excluding hydrogens is 1610 g/mol. The number of hydrogen-bond donors (Lipinski definition) is 7. The minimum absolute atomic E-state index is 0.0146. The Morgan fingerprint density at radius 3 is 1.46 bits per heavy atom. The minimum Gasteiger partial charge on any atom is -0.479 e. The average Bonchev–Trinajstić information content (AvgIpc) is 1.58. The molecule has 576 valence electrons. The number of amides is 5. The van der Waals surface area contributed by atoms with Gasteiger partial charge in [0.1, 0.15) is 47.5 Å². The third-order valence-corrected chi connectivity index (χ3v) is 27.7. The molecule has 8 N–H and O–H groups in total. The van der Waals surface area contributed by atoms with Crippen molar-refractivity contribution in [2.24, 2.45) is 17.0 Å². The van der Waals surface area contributed by atoms with Crippen LogP contribution < -0.4 is 40.6 Å². The van der Waals surface area contributed by atoms with Crippen LogP contribution in [0.5, 0.6) is 10.4 Å². The summed E-state index contributed by atoms with van der Waals surface area (Å²) >= 11 is 9.52. The van der Waals surface area contributed by atoms with Crippen LogP contribution in [0.25, 0.3) is 20.4 Å². The van der Waals surface area contributed by atoms with Gasteiger partial charge < -0.3 is 45.6 Å². The molecule has 107 heavy (non-hydrogen) atoms. The number of nitrogens with two attached hydrogens (primary N) is 1. The van der Waals surface area contributed by atoms with Crippen LogP contribution in [-0.2, 0) is 61.2 Å². The molecule has 4 saturated carbocycles. The van der Waals surface area contributed by atoms with E-state index in [9.17, 15) is 77.1 Å². The highest BCUT2D eigenvalue weighted by Crippen LogP contribution is 2.49. The third-order valence-electron chi connectivity index (χ3n) is 21.0. The van der Waals surface area contributed by atoms with Crippen molar-refractivity contribution in [2.75, 3.05) is 23.7 Å². The number of nitrogens with zero attached hydrogens (tertiary/aromatic N) is 4. The summed E-state index contributed by atoms with van der Waals surface area (Å²) in [5.41, 5.74) is -3.05. The number of carbonyl (C=O) groups excluding carboxylic acids is 5. The van der Waals surface area contributed by atoms with Crippen LogP contribution in [-0.4, -0.2) is 147 Å². The topological polar surface area (TPSA) is 328 Å². The number of benzene rings is 4. The number of nitrogens with one attached hydrogen (secondary N) is 5. The lowest BCUT2D eigenvalue weighted by Gasteiger charge is -2.30. The van der Waals surface area contributed by atoms with Crippen molar-refractivity contribution in [3.63, 3.8) is 0 Å². The van der Waals surface area contributed by atoms with E-state index in [1.165, 1.54) is 56.7 Å². The van der Waals surface area contributed by atoms with Crippen LogP contribution in [0.15, 0.2) is 118 Å². The number of carboxylic acids is 1. The van der Waals surface area contributed by atoms with E-state index in [2.05, 4.69) is 67.8 Å². The van der Waals surface area contributed by atoms with Crippen molar-refractivity contribution in [1.82, 2.24) is 35.1 Å². The first-order chi connectivity index (χ1) is 50.4. The molecule has 6 aromatic rings. The molecule has 6 heterocycles. The summed E-state index contributed by atoms with van der Waals surface area (Å²) in [7, 11) is -7.24. The average molecular weight is 1700 g/mol. The van der Waals surface area contributed by atoms with Gasteiger partial charge in [0.05, 0.1) is 54.1 Å². The zero-order valence-electron chi connectivity index (χ0n) is 58.0. The molecule has 5 amide bonds. The fraction of sp³-hybridized carbons (Fsp3) is 0.500. The number of thiazole rings is 2. The predicted molar refractivity (Wildman–Crippen MR) is 397 cm³/mol. The Bertz CT molecular complexity index is 4710. The van der Waals surface area contributed by atoms with Crippen molar-refractivity contribution in [2.45, 2.75) is 199 Å². The molecule has 4 aliphatic carbocycles. The molecule has 23 nitrogen and oxygen atoms in total. The van der Waals surface area contributed by atoms with Gasteiger partial charge in [-0.05, 0) is 164 Å². The van der Waals surface area contributed by atoms with Crippen LogP contribution in [0.3, 0.4) is 0 Å². The molecular formula is C72H80Br2F6N10O13S4. The molecule has 10 atom stereocenters. The van der Waals surface area contributed by atoms with Crippen LogP contribution in [0.1, 0.15) is 141 Å². The summed E-state index contributed by atoms with van der Waals surface area (Å²) in [5.74, 6) is -5.06. The number of sulfonamides is 2. The van der Waals surface area contributed by atoms with E-state index in [4.69, 9.17) is 14.6 Å². The zero-order valence-corrected chi connectivity index (χ0v) is 64.5. The molecule has 6 fully saturated rings. The van der Waals surface area contributed by atoms with Gasteiger partial charge in [0.25, 0.3) is 16.3 Å². The molecule has 2 saturated heterocycles. The molecule has 4 aromatic carbocycles. The number of carboxylic acid groups (broad SMARTS) is 1. The molecule has 0 unspecified atom stereocenters. The molecule has 8 aliphatic rings. The van der Waals surface area contributed by atoms with Gasteiger partial charge in [-0.3, -0.25) is 28.7 Å². The minimum atomic E-state index is -4.59. The Morgan fingerprint density at radius 2 is 1.05 bits per heavy atom. The lowest BCUT2D eigenvalue weighted by Crippen LogP contribution is -2.58. The SMILES string of the molecule is CC1(S(=O)(=O)NC(=O)[C@@]23C[C@H]2/C=C\CCCCC[C@H](Nc2cccc(C(F)(F)F)c2)C(=O)N2C[C@H](Oc4nc5ccc(Br)cc5s4)C[C@H]2C(=O)N3)CC1.CC1(S(N)(=O)=O)CC1.O=C1N[C@]2(C(=O)O)C[C@H]2/C=C\CCCCC[C@H](Nc2cccc(C(F)(F)F)c2)C(=O)N2C[C@H](Oc3nc4ccc(Br)cc4s3)C[C@@H]12. The first-order valence-electron chi connectivity index (χ1n) is 35.2. The highest BCUT2D eigenvalue weighted by atomic mass is 79.9. The van der Waals surface area contributed by atoms with Crippen LogP contribution in [0, 0.1) is 11.8 Å². The Balaban J connectivity index is 0.000000182. The normalized spacial score (nSPS) is 27.8. The number of allylic oxidation sites excluding steroid dienone is 2. The van der Waals surface area contributed by atoms with E-state index in [0.29, 0.717) is 67.3 Å². The van der Waals surface area contributed by atoms with Crippen molar-refractivity contribution >= 4 is 142 Å². The molecule has 0 radical (unpaired) electrons. The number of rotatable bonds is 13. The second kappa shape index (κ2) is 31.1. The Morgan fingerprint density at radius 1 is 0.617 bits per heavy atom. The number of alkyl halides is 6. The molecule has 0 bridgehead atoms. The second-order valence-corrected chi connectivity index (χ2v) is 37.1. The number of carbonyl (C=O) groups is 6. The van der Waals surface area contributed by atoms with E-state index in [-0.39, 0.29) is 62.5 Å². The highest BCUT2D eigenvalue weighted by molar-refractivity contribution is 9.10. The number of halogens is 8. The molecule has 35 heteroatoms. The number of ether oxygens (including phenoxy) is 2. The predicted octanol–water partition coefficient (Wildman–Crippen LogP) is 12.5. The van der Waals surface area contributed by atoms with Gasteiger partial charge >= 0.3 is 18.3 Å². The lowest BCUT2D eigenvalue weighted by atomic mass is 10.0. The molecule has 0 spiro atoms. The number of hydrogen-bond acceptors (Lipinski definition) is 18. The van der Waals surface area contributed by atoms with Crippen molar-refractivity contribution < 1.29 is 86.5 Å². The maximum atomic E-state index is 14.5. The van der Waals surface area contributed by atoms with Crippen LogP contribution >= 0.6 is 54.5 Å². The van der Waals surface area contributed by atoms with Gasteiger partial charge in [-0.15, -0.1) is 0 Å². The van der Waals surface area contributed by atoms with Gasteiger partial charge in [-0.25, -0.2) is 36.7 Å². The number of aromatic nitrogens is 2. The molecule has 4 aliphatic heterocycles. The molecule has 14 rings (SSSR count). The molecule has 2 aromatic heterocycles. The first kappa shape index (κ1) is 79.1. The standard InChI is InChI=1S/C36H39BrF3N5O6S2.C32H32BrF3N4O5S.C4H9NO2S/c1-34(14-15-34)53(49,50)44-32(48)35-19-22(35)8-5-3-2-4-6-11-27(41-24-10-7-9-21(16-24)36(38,39)40)31(47)45-20-25(18-28(45)30(46)43-35)51-33-42-26-13-12-23(37)17-29(26)52-33;33-20-11-12-23-26(14-20)46-30(38-23)45-22-15-25-27(41)39-31(29(43)44)16-19(31)7-4-2-1-3-5-10-24(28(42)40(25)17-22)37-21-9-6-8-18(13-21)32(34,35)36;1-4(2-3-4)8(5,6)7/h5,7-10,12-13,16-17,22,25,27-28,41H,2-4,6,11,14-15,18-20H2,1H3,(H,43,46)(H,44,48);4,6-9,11-14,19,22,24-25,37H,1-3,5,10,15-17H2,(H,39,41)(H,43,44);2-3H2,1H3,(H2,5,6,7)/b8-5-;7-4-;/t22-,25-,27+,28+,35-;19-,22-,24+,25+,31-;/m11./s1. The maximum absolute atomic E-state index is 14.5. The van der Waals surface area contributed by atoms with Crippen molar-refractivity contribution in [3.05, 3.63) is 129 Å². The Kier molecular flexibility index (Phi) is 23.0. The van der Waals surface area contributed by atoms with Gasteiger partial charge in [0.15, 0.2) is 0 Å². The number of anilines is 2. The third kappa shape index (κ3) is 18.4. The van der Waals surface area contributed by atoms with E-state index >= 15 is 0 Å². The highest BCUT2D eigenvalue weighted by Gasteiger charge is 2.64. The Labute approximate surface area is 638 Å². The van der Waals surface area contributed by atoms with Crippen LogP contribution in [0.4, 0.5) is 37.7 Å². The number of primary sulfonamides is 1. The number of aliphatic carboxylic acids is 1. The number of fused-ring (bicyclic) bond motifs is 6. The van der Waals surface area contributed by atoms with Crippen LogP contribution in [0.2, 0.25) is 0 Å². The maximum Gasteiger partial charge on any atom is 0.416 e. The summed E-state index contributed by atoms with van der Waals surface area (Å²) in [4.78, 5) is 94.8. The monoisotopic (exact) mass is 1690 g/mol. The van der Waals surface area contributed by atoms with Gasteiger partial charge in [-0.1, -0.05) is 117 Å². The first-order valence-corrected chi connectivity index (χ1v) is 41.4. The summed E-state index contributed by atoms with van der Waals surface area (Å²) in [5, 5.41) is 27.2. The summed E-state index contributed by atoms with van der Waals surface area (Å²) < 4.78 is 145. The zero-order chi connectivity index (χ0) is 76.8. The van der Waals surface area contributed by atoms with Gasteiger partial charge in [0.2, 0.25) is 43.7 Å². The fourth-order valence-corrected chi connectivity index (χ4v) is 18.5. The summed E-state index contributed by atoms with van der Waals surface area (Å²) in [6.07, 6.45) is 6.01. The second-order valence-electron chi connectivity index (χ2n) is 29.1. The fourth-order valence-electron chi connectivity index (χ4n) is 13.7. The largest absolute Gasteiger partial charge is 0.479 e. The van der Waals surface area contributed by atoms with Crippen molar-refractivity contribution in [1.29, 1.82) is 0 Å². The van der Waals surface area contributed by atoms with Crippen molar-refractivity contribution in [3.8, 4) is 10.4 Å². The van der Waals surface area contributed by atoms with E-state index in [0.717, 1.165) is 80.2 Å². The smallest absolute Gasteiger partial charge is 0.416 e. The van der Waals surface area contributed by atoms with E-state index in [1.807, 2.05) is 60.7 Å². The quantitative estimate of drug-likeness (QED) is 0.0417. The van der Waals surface area contributed by atoms with E-state index < -0.39 is 142 Å². The van der Waals surface area contributed by atoms with E-state index in [1.54, 1.807) is 13.8 Å². The lowest BCUT2D eigenvalue weighted by molar-refractivity contribution is -0.145. The van der Waals surface area contributed by atoms with Gasteiger partial charge in [-0.2, -0.15) is 26.3 Å². The Hall–Kier alpha value is -7.44. The van der Waals surface area contributed by atoms with Gasteiger partial charge in [0, 0.05) is 45.0 Å².